The number of fused-ring (bicyclic) bond motifs is 2. The van der Waals surface area contributed by atoms with Crippen LogP contribution in [0.5, 0.6) is 0 Å². The number of aromatic amines is 1. The van der Waals surface area contributed by atoms with Gasteiger partial charge in [-0.05, 0) is 52.7 Å². The SMILES string of the molecule is N#Cc1ccc2ccc(Cn3c(=O)[nH]c4cc(C(=O)O)ccc43)cc2c1. The summed E-state index contributed by atoms with van der Waals surface area (Å²) in [6.45, 7) is 0.345. The fraction of sp³-hybridized carbons (Fsp3) is 0.0500. The molecule has 26 heavy (non-hydrogen) atoms. The monoisotopic (exact) mass is 343 g/mol. The number of benzene rings is 3. The van der Waals surface area contributed by atoms with Crippen molar-refractivity contribution in [3.63, 3.8) is 0 Å². The zero-order valence-electron chi connectivity index (χ0n) is 13.6. The number of carbonyl (C=O) groups is 1. The van der Waals surface area contributed by atoms with Crippen molar-refractivity contribution in [3.8, 4) is 6.07 Å². The molecule has 3 aromatic carbocycles. The topological polar surface area (TPSA) is 98.9 Å². The van der Waals surface area contributed by atoms with Gasteiger partial charge >= 0.3 is 11.7 Å². The van der Waals surface area contributed by atoms with Crippen molar-refractivity contribution in [2.24, 2.45) is 0 Å². The summed E-state index contributed by atoms with van der Waals surface area (Å²) < 4.78 is 1.57. The highest BCUT2D eigenvalue weighted by atomic mass is 16.4. The lowest BCUT2D eigenvalue weighted by atomic mass is 10.0. The standard InChI is InChI=1S/C20H13N3O3/c21-10-12-1-3-14-4-2-13(8-16(14)7-12)11-23-18-6-5-15(19(24)25)9-17(18)22-20(23)26/h1-9H,11H2,(H,22,26)(H,24,25). The van der Waals surface area contributed by atoms with Crippen LogP contribution in [-0.4, -0.2) is 20.6 Å². The summed E-state index contributed by atoms with van der Waals surface area (Å²) in [6.07, 6.45) is 0. The van der Waals surface area contributed by atoms with Crippen LogP contribution in [-0.2, 0) is 6.54 Å². The van der Waals surface area contributed by atoms with Crippen molar-refractivity contribution in [1.82, 2.24) is 9.55 Å². The molecule has 1 heterocycles. The number of hydrogen-bond donors (Lipinski definition) is 2. The van der Waals surface area contributed by atoms with Crippen molar-refractivity contribution in [2.45, 2.75) is 6.54 Å². The Balaban J connectivity index is 1.78. The fourth-order valence-corrected chi connectivity index (χ4v) is 3.10. The van der Waals surface area contributed by atoms with Gasteiger partial charge < -0.3 is 10.1 Å². The number of nitrogens with one attached hydrogen (secondary N) is 1. The summed E-state index contributed by atoms with van der Waals surface area (Å²) in [5.41, 5.74) is 2.46. The number of nitriles is 1. The maximum absolute atomic E-state index is 12.3. The number of nitrogens with zero attached hydrogens (tertiary/aromatic N) is 2. The Kier molecular flexibility index (Phi) is 3.55. The smallest absolute Gasteiger partial charge is 0.335 e. The second kappa shape index (κ2) is 5.90. The van der Waals surface area contributed by atoms with Crippen LogP contribution in [0.1, 0.15) is 21.5 Å². The minimum Gasteiger partial charge on any atom is -0.478 e. The summed E-state index contributed by atoms with van der Waals surface area (Å²) in [4.78, 5) is 26.1. The van der Waals surface area contributed by atoms with Gasteiger partial charge in [0.2, 0.25) is 0 Å². The van der Waals surface area contributed by atoms with Crippen molar-refractivity contribution >= 4 is 27.8 Å². The molecule has 1 aromatic heterocycles. The van der Waals surface area contributed by atoms with Crippen molar-refractivity contribution < 1.29 is 9.90 Å². The lowest BCUT2D eigenvalue weighted by Gasteiger charge is -2.06. The van der Waals surface area contributed by atoms with E-state index in [1.165, 1.54) is 12.1 Å². The maximum atomic E-state index is 12.3. The Bertz CT molecular complexity index is 1280. The molecule has 0 unspecified atom stereocenters. The van der Waals surface area contributed by atoms with E-state index < -0.39 is 5.97 Å². The van der Waals surface area contributed by atoms with Gasteiger partial charge in [-0.15, -0.1) is 0 Å². The first-order chi connectivity index (χ1) is 12.5. The van der Waals surface area contributed by atoms with Gasteiger partial charge in [-0.3, -0.25) is 4.57 Å². The average molecular weight is 343 g/mol. The third-order valence-corrected chi connectivity index (χ3v) is 4.40. The molecule has 0 radical (unpaired) electrons. The molecule has 2 N–H and O–H groups in total. The Morgan fingerprint density at radius 1 is 1.08 bits per heavy atom. The minimum atomic E-state index is -1.04. The second-order valence-electron chi connectivity index (χ2n) is 6.06. The van der Waals surface area contributed by atoms with E-state index in [4.69, 9.17) is 10.4 Å². The molecule has 0 amide bonds. The Morgan fingerprint density at radius 2 is 1.88 bits per heavy atom. The molecule has 6 heteroatoms. The van der Waals surface area contributed by atoms with E-state index in [9.17, 15) is 9.59 Å². The molecular weight excluding hydrogens is 330 g/mol. The lowest BCUT2D eigenvalue weighted by Crippen LogP contribution is -2.17. The number of hydrogen-bond acceptors (Lipinski definition) is 3. The number of carboxylic acid groups (broad SMARTS) is 1. The fourth-order valence-electron chi connectivity index (χ4n) is 3.10. The summed E-state index contributed by atoms with van der Waals surface area (Å²) >= 11 is 0. The van der Waals surface area contributed by atoms with E-state index in [1.807, 2.05) is 30.3 Å². The molecule has 0 aliphatic carbocycles. The normalized spacial score (nSPS) is 10.9. The molecule has 0 atom stereocenters. The molecular formula is C20H13N3O3. The number of aromatic nitrogens is 2. The van der Waals surface area contributed by atoms with Gasteiger partial charge in [-0.2, -0.15) is 5.26 Å². The first-order valence-electron chi connectivity index (χ1n) is 7.94. The van der Waals surface area contributed by atoms with Gasteiger partial charge in [0.25, 0.3) is 0 Å². The molecule has 0 spiro atoms. The van der Waals surface area contributed by atoms with Crippen molar-refractivity contribution in [2.75, 3.05) is 0 Å². The van der Waals surface area contributed by atoms with Gasteiger partial charge in [0.15, 0.2) is 0 Å². The van der Waals surface area contributed by atoms with Crippen LogP contribution in [0, 0.1) is 11.3 Å². The van der Waals surface area contributed by atoms with E-state index in [-0.39, 0.29) is 11.3 Å². The van der Waals surface area contributed by atoms with Crippen LogP contribution >= 0.6 is 0 Å². The molecule has 0 saturated carbocycles. The second-order valence-corrected chi connectivity index (χ2v) is 6.06. The molecule has 6 nitrogen and oxygen atoms in total. The Morgan fingerprint density at radius 3 is 2.65 bits per heavy atom. The largest absolute Gasteiger partial charge is 0.478 e. The van der Waals surface area contributed by atoms with Crippen LogP contribution in [0.2, 0.25) is 0 Å². The number of carboxylic acids is 1. The van der Waals surface area contributed by atoms with E-state index >= 15 is 0 Å². The van der Waals surface area contributed by atoms with Gasteiger partial charge in [0, 0.05) is 0 Å². The van der Waals surface area contributed by atoms with Gasteiger partial charge in [-0.25, -0.2) is 9.59 Å². The Labute approximate surface area is 147 Å². The zero-order valence-corrected chi connectivity index (χ0v) is 13.6. The van der Waals surface area contributed by atoms with Crippen LogP contribution in [0.3, 0.4) is 0 Å². The van der Waals surface area contributed by atoms with Gasteiger partial charge in [0.1, 0.15) is 0 Å². The predicted octanol–water partition coefficient (Wildman–Crippen LogP) is 3.10. The zero-order chi connectivity index (χ0) is 18.3. The van der Waals surface area contributed by atoms with E-state index in [1.54, 1.807) is 16.7 Å². The minimum absolute atomic E-state index is 0.126. The highest BCUT2D eigenvalue weighted by molar-refractivity contribution is 5.92. The van der Waals surface area contributed by atoms with E-state index in [2.05, 4.69) is 11.1 Å². The van der Waals surface area contributed by atoms with Crippen molar-refractivity contribution in [1.29, 1.82) is 5.26 Å². The van der Waals surface area contributed by atoms with E-state index in [0.29, 0.717) is 23.1 Å². The van der Waals surface area contributed by atoms with Crippen molar-refractivity contribution in [3.05, 3.63) is 81.8 Å². The highest BCUT2D eigenvalue weighted by Gasteiger charge is 2.11. The number of rotatable bonds is 3. The number of imidazole rings is 1. The molecule has 4 aromatic rings. The van der Waals surface area contributed by atoms with Crippen LogP contribution in [0.25, 0.3) is 21.8 Å². The molecule has 0 aliphatic rings. The third-order valence-electron chi connectivity index (χ3n) is 4.40. The molecule has 0 saturated heterocycles. The first kappa shape index (κ1) is 15.7. The molecule has 0 aliphatic heterocycles. The van der Waals surface area contributed by atoms with Gasteiger partial charge in [-0.1, -0.05) is 18.2 Å². The van der Waals surface area contributed by atoms with E-state index in [0.717, 1.165) is 16.3 Å². The predicted molar refractivity (Wildman–Crippen MR) is 97.3 cm³/mol. The summed E-state index contributed by atoms with van der Waals surface area (Å²) in [5, 5.41) is 20.1. The summed E-state index contributed by atoms with van der Waals surface area (Å²) in [6, 6.07) is 18.0. The maximum Gasteiger partial charge on any atom is 0.335 e. The number of aromatic carboxylic acids is 1. The Hall–Kier alpha value is -3.85. The van der Waals surface area contributed by atoms with Crippen LogP contribution in [0.4, 0.5) is 0 Å². The molecule has 0 fully saturated rings. The van der Waals surface area contributed by atoms with Crippen LogP contribution < -0.4 is 5.69 Å². The van der Waals surface area contributed by atoms with Gasteiger partial charge in [0.05, 0.1) is 34.8 Å². The molecule has 4 rings (SSSR count). The average Bonchev–Trinajstić information content (AvgIpc) is 2.95. The van der Waals surface area contributed by atoms with Crippen LogP contribution in [0.15, 0.2) is 59.4 Å². The number of H-pyrrole nitrogens is 1. The quantitative estimate of drug-likeness (QED) is 0.597. The summed E-state index contributed by atoms with van der Waals surface area (Å²) in [5.74, 6) is -1.04. The lowest BCUT2D eigenvalue weighted by molar-refractivity contribution is 0.0697. The highest BCUT2D eigenvalue weighted by Crippen LogP contribution is 2.20. The first-order valence-corrected chi connectivity index (χ1v) is 7.94. The molecule has 126 valence electrons. The third kappa shape index (κ3) is 2.62. The summed E-state index contributed by atoms with van der Waals surface area (Å²) in [7, 11) is 0. The molecule has 0 bridgehead atoms.